The van der Waals surface area contributed by atoms with Gasteiger partial charge in [-0.15, -0.1) is 0 Å². The maximum atomic E-state index is 12.2. The Bertz CT molecular complexity index is 1150. The van der Waals surface area contributed by atoms with Crippen LogP contribution in [0.15, 0.2) is 72.8 Å². The molecule has 0 fully saturated rings. The van der Waals surface area contributed by atoms with E-state index in [-0.39, 0.29) is 25.4 Å². The summed E-state index contributed by atoms with van der Waals surface area (Å²) in [4.78, 5) is 36.0. The molecule has 0 atom stereocenters. The van der Waals surface area contributed by atoms with E-state index >= 15 is 0 Å². The summed E-state index contributed by atoms with van der Waals surface area (Å²) >= 11 is 6.09. The molecule has 0 aliphatic rings. The lowest BCUT2D eigenvalue weighted by molar-refractivity contribution is -0.147. The molecule has 0 unspecified atom stereocenters. The third-order valence-corrected chi connectivity index (χ3v) is 5.31. The van der Waals surface area contributed by atoms with Crippen LogP contribution in [0.2, 0.25) is 5.02 Å². The highest BCUT2D eigenvalue weighted by Crippen LogP contribution is 2.29. The molecule has 0 radical (unpaired) electrons. The molecule has 0 bridgehead atoms. The third-order valence-electron chi connectivity index (χ3n) is 5.00. The van der Waals surface area contributed by atoms with Gasteiger partial charge in [-0.05, 0) is 66.9 Å². The van der Waals surface area contributed by atoms with E-state index in [4.69, 9.17) is 21.1 Å². The fourth-order valence-corrected chi connectivity index (χ4v) is 3.29. The van der Waals surface area contributed by atoms with Crippen LogP contribution in [0, 0.1) is 0 Å². The van der Waals surface area contributed by atoms with Crippen LogP contribution < -0.4 is 15.4 Å². The Labute approximate surface area is 209 Å². The van der Waals surface area contributed by atoms with E-state index in [2.05, 4.69) is 10.6 Å². The van der Waals surface area contributed by atoms with Gasteiger partial charge in [-0.2, -0.15) is 0 Å². The molecule has 3 rings (SSSR count). The molecule has 0 aliphatic carbocycles. The summed E-state index contributed by atoms with van der Waals surface area (Å²) in [6, 6.07) is 21.5. The van der Waals surface area contributed by atoms with Crippen molar-refractivity contribution in [3.05, 3.63) is 83.4 Å². The second-order valence-electron chi connectivity index (χ2n) is 7.72. The smallest absolute Gasteiger partial charge is 0.306 e. The van der Waals surface area contributed by atoms with Gasteiger partial charge >= 0.3 is 5.97 Å². The highest BCUT2D eigenvalue weighted by molar-refractivity contribution is 6.32. The lowest BCUT2D eigenvalue weighted by Crippen LogP contribution is -2.21. The van der Waals surface area contributed by atoms with Crippen LogP contribution in [0.5, 0.6) is 11.5 Å². The molecule has 3 aromatic rings. The van der Waals surface area contributed by atoms with Gasteiger partial charge in [-0.25, -0.2) is 0 Å². The topological polar surface area (TPSA) is 93.7 Å². The molecular weight excluding hydrogens is 468 g/mol. The maximum Gasteiger partial charge on any atom is 0.306 e. The van der Waals surface area contributed by atoms with Gasteiger partial charge in [-0.3, -0.25) is 14.4 Å². The molecule has 8 heteroatoms. The molecule has 2 N–H and O–H groups in total. The summed E-state index contributed by atoms with van der Waals surface area (Å²) < 4.78 is 10.7. The lowest BCUT2D eigenvalue weighted by atomic mass is 10.1. The number of carbonyl (C=O) groups is 3. The lowest BCUT2D eigenvalue weighted by Gasteiger charge is -2.09. The van der Waals surface area contributed by atoms with E-state index in [1.54, 1.807) is 48.5 Å². The minimum atomic E-state index is -0.532. The van der Waals surface area contributed by atoms with Gasteiger partial charge in [0.1, 0.15) is 11.5 Å². The minimum Gasteiger partial charge on any atom is -0.456 e. The Hall–Kier alpha value is -3.84. The van der Waals surface area contributed by atoms with Crippen LogP contribution in [-0.2, 0) is 25.5 Å². The van der Waals surface area contributed by atoms with Gasteiger partial charge in [0.2, 0.25) is 5.91 Å². The number of amides is 2. The number of rotatable bonds is 11. The first kappa shape index (κ1) is 25.8. The summed E-state index contributed by atoms with van der Waals surface area (Å²) in [5.41, 5.74) is 2.41. The second-order valence-corrected chi connectivity index (χ2v) is 8.13. The van der Waals surface area contributed by atoms with Crippen molar-refractivity contribution in [3.8, 4) is 11.5 Å². The van der Waals surface area contributed by atoms with Gasteiger partial charge in [-0.1, -0.05) is 42.8 Å². The second kappa shape index (κ2) is 13.2. The van der Waals surface area contributed by atoms with Gasteiger partial charge in [0.15, 0.2) is 6.61 Å². The predicted octanol–water partition coefficient (Wildman–Crippen LogP) is 5.99. The number of hydrogen-bond donors (Lipinski definition) is 2. The third kappa shape index (κ3) is 8.79. The van der Waals surface area contributed by atoms with E-state index in [0.717, 1.165) is 12.0 Å². The monoisotopic (exact) mass is 494 g/mol. The fraction of sp³-hybridized carbons (Fsp3) is 0.222. The normalized spacial score (nSPS) is 10.3. The van der Waals surface area contributed by atoms with Crippen LogP contribution in [0.4, 0.5) is 11.4 Å². The number of ether oxygens (including phenoxy) is 2. The molecule has 0 saturated heterocycles. The van der Waals surface area contributed by atoms with Crippen molar-refractivity contribution in [1.29, 1.82) is 0 Å². The van der Waals surface area contributed by atoms with Crippen molar-refractivity contribution >= 4 is 40.8 Å². The SMILES string of the molecule is CCc1ccc(NC(=O)COC(=O)CCCC(=O)Nc2ccc(Oc3ccccc3Cl)cc2)cc1. The zero-order valence-corrected chi connectivity index (χ0v) is 20.1. The summed E-state index contributed by atoms with van der Waals surface area (Å²) in [7, 11) is 0. The van der Waals surface area contributed by atoms with E-state index in [1.807, 2.05) is 31.2 Å². The van der Waals surface area contributed by atoms with E-state index in [9.17, 15) is 14.4 Å². The number of halogens is 1. The standard InChI is InChI=1S/C27H27ClN2O5/c1-2-19-10-12-20(13-11-19)30-26(32)18-34-27(33)9-5-8-25(31)29-21-14-16-22(17-15-21)35-24-7-4-3-6-23(24)28/h3-4,6-7,10-17H,2,5,8-9,18H2,1H3,(H,29,31)(H,30,32). The zero-order valence-electron chi connectivity index (χ0n) is 19.4. The summed E-state index contributed by atoms with van der Waals surface area (Å²) in [5, 5.41) is 5.95. The molecule has 0 saturated carbocycles. The van der Waals surface area contributed by atoms with Crippen LogP contribution in [-0.4, -0.2) is 24.4 Å². The number of anilines is 2. The number of nitrogens with one attached hydrogen (secondary N) is 2. The average molecular weight is 495 g/mol. The minimum absolute atomic E-state index is 0.0382. The highest BCUT2D eigenvalue weighted by atomic mass is 35.5. The Morgan fingerprint density at radius 1 is 0.800 bits per heavy atom. The summed E-state index contributed by atoms with van der Waals surface area (Å²) in [6.45, 7) is 1.68. The van der Waals surface area contributed by atoms with Crippen LogP contribution >= 0.6 is 11.6 Å². The fourth-order valence-electron chi connectivity index (χ4n) is 3.12. The number of esters is 1. The van der Waals surface area contributed by atoms with Crippen molar-refractivity contribution in [2.45, 2.75) is 32.6 Å². The highest BCUT2D eigenvalue weighted by Gasteiger charge is 2.10. The molecule has 2 amide bonds. The van der Waals surface area contributed by atoms with E-state index < -0.39 is 11.9 Å². The number of aryl methyl sites for hydroxylation is 1. The van der Waals surface area contributed by atoms with Crippen molar-refractivity contribution in [1.82, 2.24) is 0 Å². The molecule has 0 spiro atoms. The average Bonchev–Trinajstić information content (AvgIpc) is 2.86. The zero-order chi connectivity index (χ0) is 25.0. The van der Waals surface area contributed by atoms with Crippen molar-refractivity contribution in [2.24, 2.45) is 0 Å². The molecule has 3 aromatic carbocycles. The summed E-state index contributed by atoms with van der Waals surface area (Å²) in [5.74, 6) is -0.0506. The molecule has 35 heavy (non-hydrogen) atoms. The first-order valence-electron chi connectivity index (χ1n) is 11.3. The van der Waals surface area contributed by atoms with Gasteiger partial charge < -0.3 is 20.1 Å². The van der Waals surface area contributed by atoms with Crippen LogP contribution in [0.25, 0.3) is 0 Å². The first-order chi connectivity index (χ1) is 16.9. The molecular formula is C27H27ClN2O5. The Morgan fingerprint density at radius 3 is 2.09 bits per heavy atom. The largest absolute Gasteiger partial charge is 0.456 e. The quantitative estimate of drug-likeness (QED) is 0.319. The number of carbonyl (C=O) groups excluding carboxylic acids is 3. The Morgan fingerprint density at radius 2 is 1.43 bits per heavy atom. The molecule has 7 nitrogen and oxygen atoms in total. The van der Waals surface area contributed by atoms with E-state index in [1.165, 1.54) is 0 Å². The van der Waals surface area contributed by atoms with Crippen molar-refractivity contribution in [3.63, 3.8) is 0 Å². The molecule has 182 valence electrons. The molecule has 0 heterocycles. The van der Waals surface area contributed by atoms with Crippen molar-refractivity contribution in [2.75, 3.05) is 17.2 Å². The Kier molecular flexibility index (Phi) is 9.69. The van der Waals surface area contributed by atoms with E-state index in [0.29, 0.717) is 34.3 Å². The molecule has 0 aromatic heterocycles. The van der Waals surface area contributed by atoms with Crippen molar-refractivity contribution < 1.29 is 23.9 Å². The number of benzene rings is 3. The Balaban J connectivity index is 1.32. The first-order valence-corrected chi connectivity index (χ1v) is 11.7. The number of para-hydroxylation sites is 1. The van der Waals surface area contributed by atoms with Crippen LogP contribution in [0.3, 0.4) is 0 Å². The van der Waals surface area contributed by atoms with Gasteiger partial charge in [0.25, 0.3) is 5.91 Å². The predicted molar refractivity (Wildman–Crippen MR) is 136 cm³/mol. The summed E-state index contributed by atoms with van der Waals surface area (Å²) in [6.07, 6.45) is 1.40. The number of hydrogen-bond acceptors (Lipinski definition) is 5. The van der Waals surface area contributed by atoms with Gasteiger partial charge in [0.05, 0.1) is 5.02 Å². The van der Waals surface area contributed by atoms with Crippen LogP contribution in [0.1, 0.15) is 31.7 Å². The molecule has 0 aliphatic heterocycles. The maximum absolute atomic E-state index is 12.2. The van der Waals surface area contributed by atoms with Gasteiger partial charge in [0, 0.05) is 24.2 Å².